The van der Waals surface area contributed by atoms with Crippen LogP contribution in [0, 0.1) is 13.7 Å². The molecule has 0 aliphatic carbocycles. The van der Waals surface area contributed by atoms with Gasteiger partial charge in [0.2, 0.25) is 5.95 Å². The van der Waals surface area contributed by atoms with Gasteiger partial charge in [-0.3, -0.25) is 9.78 Å². The Hall–Kier alpha value is -5.06. The van der Waals surface area contributed by atoms with Crippen LogP contribution < -0.4 is 10.6 Å². The van der Waals surface area contributed by atoms with Crippen LogP contribution >= 0.6 is 0 Å². The van der Waals surface area contributed by atoms with Gasteiger partial charge in [0.15, 0.2) is 0 Å². The predicted octanol–water partition coefficient (Wildman–Crippen LogP) is 6.36. The summed E-state index contributed by atoms with van der Waals surface area (Å²) in [6.07, 6.45) is -4.81. The maximum absolute atomic E-state index is 14.0. The third-order valence-corrected chi connectivity index (χ3v) is 5.01. The number of imidazole rings is 1. The normalized spacial score (nSPS) is 16.7. The van der Waals surface area contributed by atoms with E-state index in [0.29, 0.717) is 16.7 Å². The predicted molar refractivity (Wildman–Crippen MR) is 141 cm³/mol. The van der Waals surface area contributed by atoms with Crippen molar-refractivity contribution < 1.29 is 35.8 Å². The van der Waals surface area contributed by atoms with Gasteiger partial charge in [0, 0.05) is 61.2 Å². The van der Waals surface area contributed by atoms with Gasteiger partial charge in [-0.1, -0.05) is 6.04 Å². The van der Waals surface area contributed by atoms with Gasteiger partial charge in [0.25, 0.3) is 5.91 Å². The summed E-state index contributed by atoms with van der Waals surface area (Å²) in [5.74, 6) is -2.00. The van der Waals surface area contributed by atoms with E-state index in [0.717, 1.165) is 6.07 Å². The lowest BCUT2D eigenvalue weighted by Crippen LogP contribution is -2.14. The van der Waals surface area contributed by atoms with Crippen LogP contribution in [0.3, 0.4) is 0 Å². The van der Waals surface area contributed by atoms with Gasteiger partial charge in [0.05, 0.1) is 31.5 Å². The first-order chi connectivity index (χ1) is 24.0. The van der Waals surface area contributed by atoms with E-state index in [9.17, 15) is 18.0 Å². The monoisotopic (exact) mass is 542 g/mol. The fraction of sp³-hybridized carbons (Fsp3) is 0.107. The molecule has 3 heterocycles. The molecule has 196 valence electrons. The molecule has 3 aromatic heterocycles. The third-order valence-electron chi connectivity index (χ3n) is 5.01. The molecule has 0 radical (unpaired) electrons. The van der Waals surface area contributed by atoms with Gasteiger partial charge in [-0.25, -0.2) is 15.0 Å². The molecule has 8 nitrogen and oxygen atoms in total. The van der Waals surface area contributed by atoms with Gasteiger partial charge in [-0.2, -0.15) is 13.2 Å². The van der Waals surface area contributed by atoms with Gasteiger partial charge >= 0.3 is 6.18 Å². The molecule has 0 bridgehead atoms. The smallest absolute Gasteiger partial charge is 0.324 e. The number of aromatic nitrogens is 5. The van der Waals surface area contributed by atoms with E-state index in [1.807, 2.05) is 0 Å². The zero-order valence-corrected chi connectivity index (χ0v) is 19.3. The van der Waals surface area contributed by atoms with Crippen LogP contribution in [-0.4, -0.2) is 30.4 Å². The molecule has 0 fully saturated rings. The Morgan fingerprint density at radius 2 is 2.03 bits per heavy atom. The van der Waals surface area contributed by atoms with Gasteiger partial charge < -0.3 is 15.2 Å². The Morgan fingerprint density at radius 3 is 2.77 bits per heavy atom. The Labute approximate surface area is 239 Å². The van der Waals surface area contributed by atoms with Crippen LogP contribution in [0.2, 0.25) is 0 Å². The number of carbonyl (C=O) groups is 1. The molecule has 0 saturated heterocycles. The highest BCUT2D eigenvalue weighted by atomic mass is 19.4. The number of aryl methyl sites for hydroxylation is 1. The summed E-state index contributed by atoms with van der Waals surface area (Å²) >= 11 is 0. The summed E-state index contributed by atoms with van der Waals surface area (Å²) in [6, 6.07) is 1.14. The molecule has 0 atom stereocenters. The molecule has 11 heteroatoms. The molecule has 0 aliphatic heterocycles. The number of benzene rings is 2. The van der Waals surface area contributed by atoms with Gasteiger partial charge in [0.1, 0.15) is 1.37 Å². The first-order valence-electron chi connectivity index (χ1n) is 17.3. The molecular weight excluding hydrogens is 507 g/mol. The maximum Gasteiger partial charge on any atom is 0.416 e. The quantitative estimate of drug-likeness (QED) is 0.259. The summed E-state index contributed by atoms with van der Waals surface area (Å²) < 4.78 is 147. The maximum atomic E-state index is 14.0. The standard InChI is InChI=1S/C28H22F3N7O/c1-17-5-6-19(10-25(17)37-27-33-9-7-24(36-27)20-4-3-8-32-14-20)26(39)35-22-11-21(28(29,30)31)12-23(13-22)38-15-18(2)34-16-38/h3-16H,1-2H3,(H,35,39)(H,33,36,37)/i1D3,2D3,5D,6D,7D,9D,10D,15D,16D. The van der Waals surface area contributed by atoms with Crippen LogP contribution in [0.15, 0.2) is 85.5 Å². The molecular formula is C28H22F3N7O. The summed E-state index contributed by atoms with van der Waals surface area (Å²) in [6.45, 7) is -6.19. The van der Waals surface area contributed by atoms with E-state index in [-0.39, 0.29) is 11.3 Å². The summed E-state index contributed by atoms with van der Waals surface area (Å²) in [5.41, 5.74) is -6.13. The second-order valence-corrected chi connectivity index (χ2v) is 7.73. The minimum Gasteiger partial charge on any atom is -0.324 e. The highest BCUT2D eigenvalue weighted by Gasteiger charge is 2.31. The number of carbonyl (C=O) groups excluding carboxylic acids is 1. The molecule has 0 aliphatic rings. The number of hydrogen-bond donors (Lipinski definition) is 2. The number of nitrogens with one attached hydrogen (secondary N) is 2. The van der Waals surface area contributed by atoms with Crippen molar-refractivity contribution in [3.63, 3.8) is 0 Å². The first kappa shape index (κ1) is 14.2. The number of alkyl halides is 3. The van der Waals surface area contributed by atoms with Crippen LogP contribution in [0.5, 0.6) is 0 Å². The number of nitrogens with zero attached hydrogens (tertiary/aromatic N) is 5. The number of hydrogen-bond acceptors (Lipinski definition) is 6. The van der Waals surface area contributed by atoms with E-state index in [1.54, 1.807) is 0 Å². The van der Waals surface area contributed by atoms with Crippen molar-refractivity contribution >= 4 is 23.2 Å². The lowest BCUT2D eigenvalue weighted by Gasteiger charge is -2.14. The van der Waals surface area contributed by atoms with Crippen molar-refractivity contribution in [3.8, 4) is 16.9 Å². The van der Waals surface area contributed by atoms with Crippen molar-refractivity contribution in [1.82, 2.24) is 24.5 Å². The van der Waals surface area contributed by atoms with Crippen molar-refractivity contribution in [2.45, 2.75) is 19.9 Å². The lowest BCUT2D eigenvalue weighted by atomic mass is 10.1. The van der Waals surface area contributed by atoms with Crippen molar-refractivity contribution in [3.05, 3.63) is 108 Å². The molecule has 39 heavy (non-hydrogen) atoms. The lowest BCUT2D eigenvalue weighted by molar-refractivity contribution is -0.137. The fourth-order valence-corrected chi connectivity index (χ4v) is 3.26. The van der Waals surface area contributed by atoms with Crippen molar-refractivity contribution in [1.29, 1.82) is 0 Å². The van der Waals surface area contributed by atoms with Crippen molar-refractivity contribution in [2.75, 3.05) is 10.6 Å². The molecule has 5 rings (SSSR count). The summed E-state index contributed by atoms with van der Waals surface area (Å²) in [5, 5.41) is 4.49. The fourth-order valence-electron chi connectivity index (χ4n) is 3.26. The zero-order valence-electron chi connectivity index (χ0n) is 32.3. The van der Waals surface area contributed by atoms with E-state index in [2.05, 4.69) is 30.6 Å². The minimum absolute atomic E-state index is 0.130. The highest BCUT2D eigenvalue weighted by Crippen LogP contribution is 2.33. The average molecular weight is 543 g/mol. The Kier molecular flexibility index (Phi) is 3.77. The van der Waals surface area contributed by atoms with Crippen LogP contribution in [0.4, 0.5) is 30.5 Å². The van der Waals surface area contributed by atoms with E-state index < -0.39 is 114 Å². The topological polar surface area (TPSA) is 97.6 Å². The molecule has 0 saturated carbocycles. The second-order valence-electron chi connectivity index (χ2n) is 7.73. The Morgan fingerprint density at radius 1 is 1.13 bits per heavy atom. The highest BCUT2D eigenvalue weighted by molar-refractivity contribution is 6.05. The Balaban J connectivity index is 1.65. The minimum atomic E-state index is -5.08. The number of rotatable bonds is 6. The van der Waals surface area contributed by atoms with Crippen LogP contribution in [0.25, 0.3) is 16.9 Å². The molecule has 0 spiro atoms. The van der Waals surface area contributed by atoms with E-state index in [4.69, 9.17) is 17.8 Å². The number of pyridine rings is 1. The largest absolute Gasteiger partial charge is 0.416 e. The number of anilines is 3. The average Bonchev–Trinajstić information content (AvgIpc) is 3.34. The first-order valence-corrected chi connectivity index (χ1v) is 10.8. The number of amides is 1. The Bertz CT molecular complexity index is 2230. The third kappa shape index (κ3) is 5.93. The van der Waals surface area contributed by atoms with Crippen LogP contribution in [0.1, 0.15) is 45.0 Å². The van der Waals surface area contributed by atoms with Crippen LogP contribution in [-0.2, 0) is 6.18 Å². The molecule has 2 N–H and O–H groups in total. The SMILES string of the molecule is [2H]c1nc(Nc2c([2H])c(C(=O)Nc3cc(-n4c([2H])nc(C([2H])([2H])[2H])c4[2H])cc(C(F)(F)F)c3)c([2H])c([2H])c2C([2H])([2H])[2H])nc(-c2cccnc2)c1[2H]. The number of halogens is 3. The second kappa shape index (κ2) is 10.4. The molecule has 5 aromatic rings. The molecule has 2 aromatic carbocycles. The molecule has 1 amide bonds. The zero-order chi connectivity index (χ0) is 38.7. The summed E-state index contributed by atoms with van der Waals surface area (Å²) in [4.78, 5) is 29.0. The van der Waals surface area contributed by atoms with E-state index >= 15 is 0 Å². The van der Waals surface area contributed by atoms with Gasteiger partial charge in [-0.05, 0) is 67.7 Å². The molecule has 0 unspecified atom stereocenters. The van der Waals surface area contributed by atoms with E-state index in [1.165, 1.54) is 24.5 Å². The van der Waals surface area contributed by atoms with Gasteiger partial charge in [-0.15, -0.1) is 0 Å². The summed E-state index contributed by atoms with van der Waals surface area (Å²) in [7, 11) is 0. The van der Waals surface area contributed by atoms with Crippen molar-refractivity contribution in [2.24, 2.45) is 0 Å².